The molecule has 72 valence electrons. The lowest BCUT2D eigenvalue weighted by atomic mass is 10.2. The molecule has 0 saturated heterocycles. The van der Waals surface area contributed by atoms with Gasteiger partial charge in [-0.1, -0.05) is 35.9 Å². The van der Waals surface area contributed by atoms with E-state index >= 15 is 0 Å². The summed E-state index contributed by atoms with van der Waals surface area (Å²) in [5.74, 6) is 0. The van der Waals surface area contributed by atoms with Crippen LogP contribution in [-0.4, -0.2) is 4.98 Å². The molecule has 0 aliphatic carbocycles. The maximum absolute atomic E-state index is 5.30. The maximum atomic E-state index is 5.30. The van der Waals surface area contributed by atoms with E-state index in [0.29, 0.717) is 5.69 Å². The highest BCUT2D eigenvalue weighted by Gasteiger charge is 1.73. The number of nitrogen functional groups attached to an aromatic ring is 1. The number of pyridine rings is 1. The van der Waals surface area contributed by atoms with Crippen LogP contribution in [0.1, 0.15) is 5.56 Å². The molecule has 0 unspecified atom stereocenters. The first kappa shape index (κ1) is 10.3. The van der Waals surface area contributed by atoms with E-state index in [2.05, 4.69) is 24.0 Å². The van der Waals surface area contributed by atoms with Gasteiger partial charge in [0.1, 0.15) is 0 Å². The number of rotatable bonds is 0. The third-order valence-electron chi connectivity index (χ3n) is 1.62. The molecule has 0 atom stereocenters. The van der Waals surface area contributed by atoms with Crippen molar-refractivity contribution in [3.8, 4) is 0 Å². The van der Waals surface area contributed by atoms with E-state index in [-0.39, 0.29) is 0 Å². The topological polar surface area (TPSA) is 38.9 Å². The average Bonchev–Trinajstić information content (AvgIpc) is 2.21. The van der Waals surface area contributed by atoms with Crippen molar-refractivity contribution in [1.29, 1.82) is 0 Å². The second kappa shape index (κ2) is 5.75. The predicted octanol–water partition coefficient (Wildman–Crippen LogP) is 2.66. The van der Waals surface area contributed by atoms with Gasteiger partial charge in [0.05, 0.1) is 5.69 Å². The van der Waals surface area contributed by atoms with Crippen molar-refractivity contribution in [3.05, 3.63) is 60.4 Å². The fraction of sp³-hybridized carbons (Fsp3) is 0.0833. The fourth-order valence-electron chi connectivity index (χ4n) is 0.910. The lowest BCUT2D eigenvalue weighted by Gasteiger charge is -1.83. The lowest BCUT2D eigenvalue weighted by molar-refractivity contribution is 1.33. The molecule has 0 aliphatic heterocycles. The summed E-state index contributed by atoms with van der Waals surface area (Å²) >= 11 is 0. The Morgan fingerprint density at radius 1 is 1.00 bits per heavy atom. The monoisotopic (exact) mass is 186 g/mol. The molecule has 0 fully saturated rings. The van der Waals surface area contributed by atoms with Crippen molar-refractivity contribution in [3.63, 3.8) is 0 Å². The van der Waals surface area contributed by atoms with Crippen LogP contribution in [0.15, 0.2) is 54.9 Å². The van der Waals surface area contributed by atoms with Crippen molar-refractivity contribution in [2.45, 2.75) is 6.92 Å². The molecule has 2 heteroatoms. The molecule has 14 heavy (non-hydrogen) atoms. The smallest absolute Gasteiger partial charge is 0.0500 e. The number of anilines is 1. The van der Waals surface area contributed by atoms with Gasteiger partial charge in [-0.3, -0.25) is 4.98 Å². The quantitative estimate of drug-likeness (QED) is 0.687. The highest BCUT2D eigenvalue weighted by molar-refractivity contribution is 5.32. The number of nitrogens with two attached hydrogens (primary N) is 1. The van der Waals surface area contributed by atoms with Crippen LogP contribution in [0.3, 0.4) is 0 Å². The molecule has 0 spiro atoms. The molecule has 1 aromatic heterocycles. The molecule has 1 aromatic carbocycles. The van der Waals surface area contributed by atoms with Crippen molar-refractivity contribution >= 4 is 5.69 Å². The third-order valence-corrected chi connectivity index (χ3v) is 1.62. The summed E-state index contributed by atoms with van der Waals surface area (Å²) in [6.45, 7) is 2.08. The average molecular weight is 186 g/mol. The number of hydrogen-bond acceptors (Lipinski definition) is 2. The summed E-state index contributed by atoms with van der Waals surface area (Å²) in [4.78, 5) is 3.76. The summed E-state index contributed by atoms with van der Waals surface area (Å²) in [7, 11) is 0. The number of hydrogen-bond donors (Lipinski definition) is 1. The Morgan fingerprint density at radius 3 is 2.00 bits per heavy atom. The molecule has 0 aliphatic rings. The number of aromatic nitrogens is 1. The number of benzene rings is 1. The second-order valence-electron chi connectivity index (χ2n) is 2.94. The summed E-state index contributed by atoms with van der Waals surface area (Å²) in [6.07, 6.45) is 3.30. The van der Waals surface area contributed by atoms with E-state index in [9.17, 15) is 0 Å². The van der Waals surface area contributed by atoms with Gasteiger partial charge in [0, 0.05) is 12.4 Å². The number of aryl methyl sites for hydroxylation is 1. The van der Waals surface area contributed by atoms with Crippen LogP contribution in [-0.2, 0) is 0 Å². The minimum Gasteiger partial charge on any atom is -0.397 e. The van der Waals surface area contributed by atoms with Gasteiger partial charge in [0.25, 0.3) is 0 Å². The van der Waals surface area contributed by atoms with Gasteiger partial charge in [-0.2, -0.15) is 0 Å². The molecule has 2 aromatic rings. The lowest BCUT2D eigenvalue weighted by Crippen LogP contribution is -1.82. The van der Waals surface area contributed by atoms with E-state index in [1.165, 1.54) is 5.56 Å². The van der Waals surface area contributed by atoms with Gasteiger partial charge in [-0.15, -0.1) is 0 Å². The maximum Gasteiger partial charge on any atom is 0.0500 e. The SMILES string of the molecule is Cc1ccccc1.Nc1cccnc1. The Balaban J connectivity index is 0.000000140. The molecule has 2 rings (SSSR count). The Kier molecular flexibility index (Phi) is 4.21. The molecule has 1 heterocycles. The Labute approximate surface area is 84.4 Å². The first-order chi connectivity index (χ1) is 6.79. The Morgan fingerprint density at radius 2 is 1.71 bits per heavy atom. The van der Waals surface area contributed by atoms with Gasteiger partial charge < -0.3 is 5.73 Å². The van der Waals surface area contributed by atoms with Crippen molar-refractivity contribution in [1.82, 2.24) is 4.98 Å². The van der Waals surface area contributed by atoms with Crippen LogP contribution in [0.5, 0.6) is 0 Å². The predicted molar refractivity (Wildman–Crippen MR) is 59.8 cm³/mol. The van der Waals surface area contributed by atoms with Crippen LogP contribution in [0.4, 0.5) is 5.69 Å². The normalized spacial score (nSPS) is 8.64. The fourth-order valence-corrected chi connectivity index (χ4v) is 0.910. The van der Waals surface area contributed by atoms with E-state index in [1.54, 1.807) is 24.5 Å². The van der Waals surface area contributed by atoms with Gasteiger partial charge in [-0.05, 0) is 19.1 Å². The first-order valence-corrected chi connectivity index (χ1v) is 4.46. The molecular weight excluding hydrogens is 172 g/mol. The van der Waals surface area contributed by atoms with Crippen LogP contribution in [0.2, 0.25) is 0 Å². The summed E-state index contributed by atoms with van der Waals surface area (Å²) in [5.41, 5.74) is 7.33. The molecule has 0 bridgehead atoms. The molecule has 0 saturated carbocycles. The van der Waals surface area contributed by atoms with Crippen LogP contribution in [0, 0.1) is 6.92 Å². The van der Waals surface area contributed by atoms with Crippen LogP contribution < -0.4 is 5.73 Å². The van der Waals surface area contributed by atoms with Crippen molar-refractivity contribution in [2.75, 3.05) is 5.73 Å². The highest BCUT2D eigenvalue weighted by Crippen LogP contribution is 1.92. The second-order valence-corrected chi connectivity index (χ2v) is 2.94. The van der Waals surface area contributed by atoms with Gasteiger partial charge in [0.2, 0.25) is 0 Å². The minimum atomic E-state index is 0.711. The largest absolute Gasteiger partial charge is 0.397 e. The van der Waals surface area contributed by atoms with Crippen LogP contribution in [0.25, 0.3) is 0 Å². The number of nitrogens with zero attached hydrogens (tertiary/aromatic N) is 1. The zero-order chi connectivity index (χ0) is 10.2. The minimum absolute atomic E-state index is 0.711. The summed E-state index contributed by atoms with van der Waals surface area (Å²) < 4.78 is 0. The zero-order valence-corrected chi connectivity index (χ0v) is 8.22. The molecule has 2 nitrogen and oxygen atoms in total. The van der Waals surface area contributed by atoms with Gasteiger partial charge in [0.15, 0.2) is 0 Å². The third kappa shape index (κ3) is 4.26. The molecule has 0 radical (unpaired) electrons. The van der Waals surface area contributed by atoms with Gasteiger partial charge in [-0.25, -0.2) is 0 Å². The zero-order valence-electron chi connectivity index (χ0n) is 8.22. The molecular formula is C12H14N2. The molecule has 0 amide bonds. The van der Waals surface area contributed by atoms with Gasteiger partial charge >= 0.3 is 0 Å². The van der Waals surface area contributed by atoms with Crippen molar-refractivity contribution < 1.29 is 0 Å². The standard InChI is InChI=1S/C7H8.C5H6N2/c1-7-5-3-2-4-6-7;6-5-2-1-3-7-4-5/h2-6H,1H3;1-4H,6H2. The Bertz CT molecular complexity index is 306. The van der Waals surface area contributed by atoms with E-state index < -0.39 is 0 Å². The first-order valence-electron chi connectivity index (χ1n) is 4.46. The van der Waals surface area contributed by atoms with Crippen molar-refractivity contribution in [2.24, 2.45) is 0 Å². The summed E-state index contributed by atoms with van der Waals surface area (Å²) in [6, 6.07) is 13.9. The highest BCUT2D eigenvalue weighted by atomic mass is 14.7. The van der Waals surface area contributed by atoms with E-state index in [0.717, 1.165) is 0 Å². The summed E-state index contributed by atoms with van der Waals surface area (Å²) in [5, 5.41) is 0. The molecule has 2 N–H and O–H groups in total. The van der Waals surface area contributed by atoms with E-state index in [1.807, 2.05) is 18.2 Å². The van der Waals surface area contributed by atoms with E-state index in [4.69, 9.17) is 5.73 Å². The van der Waals surface area contributed by atoms with Crippen LogP contribution >= 0.6 is 0 Å². The Hall–Kier alpha value is -1.83.